The first-order valence-corrected chi connectivity index (χ1v) is 5.92. The zero-order valence-electron chi connectivity index (χ0n) is 9.00. The molecule has 0 radical (unpaired) electrons. The van der Waals surface area contributed by atoms with Gasteiger partial charge < -0.3 is 4.74 Å². The van der Waals surface area contributed by atoms with E-state index in [-0.39, 0.29) is 5.97 Å². The van der Waals surface area contributed by atoms with Crippen LogP contribution in [-0.2, 0) is 9.53 Å². The monoisotopic (exact) mass is 196 g/mol. The summed E-state index contributed by atoms with van der Waals surface area (Å²) in [7, 11) is 0. The van der Waals surface area contributed by atoms with Crippen LogP contribution in [0, 0.1) is 17.8 Å². The largest absolute Gasteiger partial charge is 0.466 e. The molecule has 2 saturated carbocycles. The second-order valence-electron chi connectivity index (χ2n) is 4.79. The SMILES string of the molecule is CC(=O)OC[C@@H]1[C@@H]2CCCCCC[C@@H]21. The highest BCUT2D eigenvalue weighted by Gasteiger charge is 2.49. The molecule has 0 N–H and O–H groups in total. The second kappa shape index (κ2) is 4.33. The van der Waals surface area contributed by atoms with Gasteiger partial charge in [-0.25, -0.2) is 0 Å². The van der Waals surface area contributed by atoms with Gasteiger partial charge in [-0.05, 0) is 30.6 Å². The summed E-state index contributed by atoms with van der Waals surface area (Å²) in [5.41, 5.74) is 0. The molecule has 14 heavy (non-hydrogen) atoms. The molecule has 0 heterocycles. The molecule has 0 bridgehead atoms. The number of ether oxygens (including phenoxy) is 1. The molecule has 0 saturated heterocycles. The van der Waals surface area contributed by atoms with E-state index in [4.69, 9.17) is 4.74 Å². The summed E-state index contributed by atoms with van der Waals surface area (Å²) in [4.78, 5) is 10.7. The Morgan fingerprint density at radius 2 is 1.71 bits per heavy atom. The Bertz CT molecular complexity index is 198. The van der Waals surface area contributed by atoms with Gasteiger partial charge in [-0.3, -0.25) is 4.79 Å². The molecule has 80 valence electrons. The molecular formula is C12H20O2. The summed E-state index contributed by atoms with van der Waals surface area (Å²) < 4.78 is 5.10. The minimum Gasteiger partial charge on any atom is -0.466 e. The van der Waals surface area contributed by atoms with E-state index in [0.717, 1.165) is 11.8 Å². The molecule has 2 fully saturated rings. The topological polar surface area (TPSA) is 26.3 Å². The van der Waals surface area contributed by atoms with E-state index in [9.17, 15) is 4.79 Å². The van der Waals surface area contributed by atoms with Crippen molar-refractivity contribution in [1.29, 1.82) is 0 Å². The lowest BCUT2D eigenvalue weighted by atomic mass is 10.0. The van der Waals surface area contributed by atoms with E-state index in [1.165, 1.54) is 45.4 Å². The Kier molecular flexibility index (Phi) is 3.09. The Hall–Kier alpha value is -0.530. The maximum Gasteiger partial charge on any atom is 0.302 e. The zero-order chi connectivity index (χ0) is 9.97. The van der Waals surface area contributed by atoms with Gasteiger partial charge in [0.2, 0.25) is 0 Å². The van der Waals surface area contributed by atoms with E-state index in [1.54, 1.807) is 0 Å². The molecule has 0 aromatic rings. The fourth-order valence-electron chi connectivity index (χ4n) is 2.96. The summed E-state index contributed by atoms with van der Waals surface area (Å²) in [5, 5.41) is 0. The summed E-state index contributed by atoms with van der Waals surface area (Å²) in [6.45, 7) is 2.19. The summed E-state index contributed by atoms with van der Waals surface area (Å²) in [6, 6.07) is 0. The van der Waals surface area contributed by atoms with Crippen LogP contribution in [0.4, 0.5) is 0 Å². The van der Waals surface area contributed by atoms with Crippen LogP contribution in [0.3, 0.4) is 0 Å². The van der Waals surface area contributed by atoms with E-state index < -0.39 is 0 Å². The Labute approximate surface area is 86.0 Å². The van der Waals surface area contributed by atoms with E-state index in [0.29, 0.717) is 12.5 Å². The van der Waals surface area contributed by atoms with Gasteiger partial charge in [-0.1, -0.05) is 25.7 Å². The number of carbonyl (C=O) groups is 1. The van der Waals surface area contributed by atoms with Crippen LogP contribution >= 0.6 is 0 Å². The van der Waals surface area contributed by atoms with Crippen molar-refractivity contribution in [2.75, 3.05) is 6.61 Å². The Morgan fingerprint density at radius 3 is 2.21 bits per heavy atom. The van der Waals surface area contributed by atoms with Crippen LogP contribution in [0.15, 0.2) is 0 Å². The molecule has 3 atom stereocenters. The third-order valence-electron chi connectivity index (χ3n) is 3.81. The highest BCUT2D eigenvalue weighted by atomic mass is 16.5. The lowest BCUT2D eigenvalue weighted by Gasteiger charge is -2.05. The predicted molar refractivity (Wildman–Crippen MR) is 54.8 cm³/mol. The van der Waals surface area contributed by atoms with Gasteiger partial charge in [0.05, 0.1) is 6.61 Å². The van der Waals surface area contributed by atoms with E-state index in [2.05, 4.69) is 0 Å². The molecule has 2 heteroatoms. The molecule has 0 unspecified atom stereocenters. The second-order valence-corrected chi connectivity index (χ2v) is 4.79. The van der Waals surface area contributed by atoms with Crippen LogP contribution in [0.5, 0.6) is 0 Å². The molecule has 2 nitrogen and oxygen atoms in total. The van der Waals surface area contributed by atoms with Crippen molar-refractivity contribution >= 4 is 5.97 Å². The maximum atomic E-state index is 10.7. The molecule has 2 aliphatic carbocycles. The number of hydrogen-bond acceptors (Lipinski definition) is 2. The van der Waals surface area contributed by atoms with Gasteiger partial charge in [0.25, 0.3) is 0 Å². The third-order valence-corrected chi connectivity index (χ3v) is 3.81. The summed E-state index contributed by atoms with van der Waals surface area (Å²) in [6.07, 6.45) is 8.33. The normalized spacial score (nSPS) is 36.5. The predicted octanol–water partition coefficient (Wildman–Crippen LogP) is 2.77. The van der Waals surface area contributed by atoms with Gasteiger partial charge >= 0.3 is 5.97 Å². The Balaban J connectivity index is 1.76. The van der Waals surface area contributed by atoms with Crippen molar-refractivity contribution in [2.24, 2.45) is 17.8 Å². The molecule has 0 aliphatic heterocycles. The first-order chi connectivity index (χ1) is 6.79. The Morgan fingerprint density at radius 1 is 1.14 bits per heavy atom. The maximum absolute atomic E-state index is 10.7. The third kappa shape index (κ3) is 2.28. The lowest BCUT2D eigenvalue weighted by molar-refractivity contribution is -0.141. The average Bonchev–Trinajstić information content (AvgIpc) is 2.72. The molecule has 0 aromatic carbocycles. The van der Waals surface area contributed by atoms with Crippen molar-refractivity contribution in [3.05, 3.63) is 0 Å². The van der Waals surface area contributed by atoms with Crippen LogP contribution in [-0.4, -0.2) is 12.6 Å². The minimum atomic E-state index is -0.121. The minimum absolute atomic E-state index is 0.121. The quantitative estimate of drug-likeness (QED) is 0.635. The van der Waals surface area contributed by atoms with Gasteiger partial charge in [-0.15, -0.1) is 0 Å². The van der Waals surface area contributed by atoms with Crippen molar-refractivity contribution < 1.29 is 9.53 Å². The van der Waals surface area contributed by atoms with Crippen LogP contribution in [0.25, 0.3) is 0 Å². The first kappa shape index (κ1) is 10.0. The van der Waals surface area contributed by atoms with Gasteiger partial charge in [0.1, 0.15) is 0 Å². The molecular weight excluding hydrogens is 176 g/mol. The number of hydrogen-bond donors (Lipinski definition) is 0. The fourth-order valence-corrected chi connectivity index (χ4v) is 2.96. The van der Waals surface area contributed by atoms with Gasteiger partial charge in [0.15, 0.2) is 0 Å². The summed E-state index contributed by atoms with van der Waals surface area (Å²) >= 11 is 0. The van der Waals surface area contributed by atoms with Crippen molar-refractivity contribution in [1.82, 2.24) is 0 Å². The molecule has 0 amide bonds. The van der Waals surface area contributed by atoms with Crippen molar-refractivity contribution in [3.63, 3.8) is 0 Å². The van der Waals surface area contributed by atoms with Crippen molar-refractivity contribution in [2.45, 2.75) is 45.4 Å². The van der Waals surface area contributed by atoms with Crippen molar-refractivity contribution in [3.8, 4) is 0 Å². The van der Waals surface area contributed by atoms with Crippen LogP contribution < -0.4 is 0 Å². The number of rotatable bonds is 2. The highest BCUT2D eigenvalue weighted by Crippen LogP contribution is 2.53. The molecule has 0 aromatic heterocycles. The zero-order valence-corrected chi connectivity index (χ0v) is 9.00. The lowest BCUT2D eigenvalue weighted by Crippen LogP contribution is -2.03. The number of carbonyl (C=O) groups excluding carboxylic acids is 1. The molecule has 0 spiro atoms. The van der Waals surface area contributed by atoms with Gasteiger partial charge in [-0.2, -0.15) is 0 Å². The van der Waals surface area contributed by atoms with Crippen LogP contribution in [0.2, 0.25) is 0 Å². The first-order valence-electron chi connectivity index (χ1n) is 5.92. The summed E-state index contributed by atoms with van der Waals surface area (Å²) in [5.74, 6) is 2.35. The smallest absolute Gasteiger partial charge is 0.302 e. The fraction of sp³-hybridized carbons (Fsp3) is 0.917. The standard InChI is InChI=1S/C12H20O2/c1-9(13)14-8-12-10-6-4-2-3-5-7-11(10)12/h10-12H,2-8H2,1H3/t10-,11+,12-. The van der Waals surface area contributed by atoms with E-state index >= 15 is 0 Å². The number of esters is 1. The molecule has 2 rings (SSSR count). The number of fused-ring (bicyclic) bond motifs is 1. The van der Waals surface area contributed by atoms with E-state index in [1.807, 2.05) is 0 Å². The molecule has 2 aliphatic rings. The average molecular weight is 196 g/mol. The van der Waals surface area contributed by atoms with Gasteiger partial charge in [0, 0.05) is 6.92 Å². The highest BCUT2D eigenvalue weighted by molar-refractivity contribution is 5.65. The van der Waals surface area contributed by atoms with Crippen LogP contribution in [0.1, 0.15) is 45.4 Å².